The first-order chi connectivity index (χ1) is 9.28. The lowest BCUT2D eigenvalue weighted by atomic mass is 10.2. The Morgan fingerprint density at radius 1 is 1.25 bits per heavy atom. The SMILES string of the molecule is CN(C)Cc1ccc(NS(=O)(=O)CCCC(=O)O)cc1. The topological polar surface area (TPSA) is 86.7 Å². The number of sulfonamides is 1. The van der Waals surface area contributed by atoms with E-state index in [1.807, 2.05) is 31.1 Å². The molecule has 0 aliphatic heterocycles. The lowest BCUT2D eigenvalue weighted by molar-refractivity contribution is -0.137. The van der Waals surface area contributed by atoms with E-state index < -0.39 is 16.0 Å². The third-order valence-electron chi connectivity index (χ3n) is 2.53. The van der Waals surface area contributed by atoms with Gasteiger partial charge in [-0.2, -0.15) is 0 Å². The second-order valence-corrected chi connectivity index (χ2v) is 6.69. The van der Waals surface area contributed by atoms with Gasteiger partial charge in [-0.15, -0.1) is 0 Å². The highest BCUT2D eigenvalue weighted by Gasteiger charge is 2.11. The van der Waals surface area contributed by atoms with E-state index in [1.54, 1.807) is 12.1 Å². The molecule has 0 amide bonds. The monoisotopic (exact) mass is 300 g/mol. The van der Waals surface area contributed by atoms with Crippen molar-refractivity contribution in [2.75, 3.05) is 24.6 Å². The molecule has 0 spiro atoms. The largest absolute Gasteiger partial charge is 0.481 e. The third kappa shape index (κ3) is 6.53. The van der Waals surface area contributed by atoms with E-state index in [0.717, 1.165) is 12.1 Å². The lowest BCUT2D eigenvalue weighted by Crippen LogP contribution is -2.17. The van der Waals surface area contributed by atoms with Gasteiger partial charge in [0.05, 0.1) is 5.75 Å². The number of carboxylic acid groups (broad SMARTS) is 1. The molecule has 0 heterocycles. The zero-order valence-corrected chi connectivity index (χ0v) is 12.5. The van der Waals surface area contributed by atoms with Gasteiger partial charge in [0.2, 0.25) is 10.0 Å². The maximum Gasteiger partial charge on any atom is 0.303 e. The van der Waals surface area contributed by atoms with Crippen LogP contribution in [0.1, 0.15) is 18.4 Å². The summed E-state index contributed by atoms with van der Waals surface area (Å²) >= 11 is 0. The van der Waals surface area contributed by atoms with Crippen LogP contribution >= 0.6 is 0 Å². The van der Waals surface area contributed by atoms with Gasteiger partial charge in [-0.1, -0.05) is 12.1 Å². The number of nitrogens with zero attached hydrogens (tertiary/aromatic N) is 1. The number of nitrogens with one attached hydrogen (secondary N) is 1. The Labute approximate surface area is 119 Å². The second kappa shape index (κ2) is 7.25. The van der Waals surface area contributed by atoms with E-state index in [0.29, 0.717) is 5.69 Å². The summed E-state index contributed by atoms with van der Waals surface area (Å²) in [6.07, 6.45) is -0.0495. The van der Waals surface area contributed by atoms with Gasteiger partial charge in [0, 0.05) is 18.7 Å². The average Bonchev–Trinajstić information content (AvgIpc) is 2.29. The number of carboxylic acids is 1. The molecule has 1 aromatic carbocycles. The Morgan fingerprint density at radius 3 is 2.35 bits per heavy atom. The summed E-state index contributed by atoms with van der Waals surface area (Å²) < 4.78 is 25.9. The van der Waals surface area contributed by atoms with Crippen LogP contribution in [0.2, 0.25) is 0 Å². The molecule has 0 unspecified atom stereocenters. The first-order valence-electron chi connectivity index (χ1n) is 6.24. The predicted molar refractivity (Wildman–Crippen MR) is 78.1 cm³/mol. The Bertz CT molecular complexity index is 538. The van der Waals surface area contributed by atoms with Gasteiger partial charge in [0.1, 0.15) is 0 Å². The van der Waals surface area contributed by atoms with E-state index >= 15 is 0 Å². The van der Waals surface area contributed by atoms with Crippen LogP contribution in [0.4, 0.5) is 5.69 Å². The van der Waals surface area contributed by atoms with E-state index in [4.69, 9.17) is 5.11 Å². The van der Waals surface area contributed by atoms with Crippen LogP contribution in [0, 0.1) is 0 Å². The number of carbonyl (C=O) groups is 1. The van der Waals surface area contributed by atoms with Crippen molar-refractivity contribution in [2.24, 2.45) is 0 Å². The van der Waals surface area contributed by atoms with E-state index in [1.165, 1.54) is 0 Å². The number of anilines is 1. The van der Waals surface area contributed by atoms with Crippen LogP contribution in [0.15, 0.2) is 24.3 Å². The molecule has 0 atom stereocenters. The molecule has 0 saturated heterocycles. The Balaban J connectivity index is 2.56. The van der Waals surface area contributed by atoms with Crippen molar-refractivity contribution < 1.29 is 18.3 Å². The summed E-state index contributed by atoms with van der Waals surface area (Å²) in [4.78, 5) is 12.4. The van der Waals surface area contributed by atoms with Crippen LogP contribution in [-0.4, -0.2) is 44.2 Å². The maximum absolute atomic E-state index is 11.7. The summed E-state index contributed by atoms with van der Waals surface area (Å²) in [6.45, 7) is 0.783. The minimum atomic E-state index is -3.49. The maximum atomic E-state index is 11.7. The normalized spacial score (nSPS) is 11.6. The smallest absolute Gasteiger partial charge is 0.303 e. The van der Waals surface area contributed by atoms with Gasteiger partial charge in [-0.3, -0.25) is 9.52 Å². The van der Waals surface area contributed by atoms with Gasteiger partial charge in [-0.25, -0.2) is 8.42 Å². The van der Waals surface area contributed by atoms with E-state index in [2.05, 4.69) is 4.72 Å². The molecule has 0 aliphatic rings. The highest BCUT2D eigenvalue weighted by molar-refractivity contribution is 7.92. The quantitative estimate of drug-likeness (QED) is 0.757. The molecular weight excluding hydrogens is 280 g/mol. The molecule has 20 heavy (non-hydrogen) atoms. The summed E-state index contributed by atoms with van der Waals surface area (Å²) in [5, 5.41) is 8.48. The van der Waals surface area contributed by atoms with Crippen molar-refractivity contribution in [2.45, 2.75) is 19.4 Å². The molecule has 0 aliphatic carbocycles. The summed E-state index contributed by atoms with van der Waals surface area (Å²) in [7, 11) is 0.425. The average molecular weight is 300 g/mol. The molecule has 1 rings (SSSR count). The number of hydrogen-bond acceptors (Lipinski definition) is 4. The molecule has 2 N–H and O–H groups in total. The number of hydrogen-bond donors (Lipinski definition) is 2. The number of benzene rings is 1. The molecule has 0 aromatic heterocycles. The van der Waals surface area contributed by atoms with Crippen molar-refractivity contribution in [3.8, 4) is 0 Å². The van der Waals surface area contributed by atoms with Crippen LogP contribution < -0.4 is 4.72 Å². The first-order valence-corrected chi connectivity index (χ1v) is 7.90. The lowest BCUT2D eigenvalue weighted by Gasteiger charge is -2.11. The molecule has 6 nitrogen and oxygen atoms in total. The van der Waals surface area contributed by atoms with Crippen LogP contribution in [0.5, 0.6) is 0 Å². The van der Waals surface area contributed by atoms with Crippen LogP contribution in [-0.2, 0) is 21.4 Å². The van der Waals surface area contributed by atoms with Crippen molar-refractivity contribution in [1.29, 1.82) is 0 Å². The molecule has 0 bridgehead atoms. The minimum Gasteiger partial charge on any atom is -0.481 e. The summed E-state index contributed by atoms with van der Waals surface area (Å²) in [5.74, 6) is -1.19. The van der Waals surface area contributed by atoms with Gasteiger partial charge < -0.3 is 10.0 Å². The molecule has 0 fully saturated rings. The van der Waals surface area contributed by atoms with Crippen molar-refractivity contribution in [1.82, 2.24) is 4.90 Å². The van der Waals surface area contributed by atoms with Crippen LogP contribution in [0.3, 0.4) is 0 Å². The fraction of sp³-hybridized carbons (Fsp3) is 0.462. The first kappa shape index (κ1) is 16.5. The van der Waals surface area contributed by atoms with Crippen molar-refractivity contribution in [3.05, 3.63) is 29.8 Å². The van der Waals surface area contributed by atoms with E-state index in [-0.39, 0.29) is 18.6 Å². The van der Waals surface area contributed by atoms with E-state index in [9.17, 15) is 13.2 Å². The Hall–Kier alpha value is -1.60. The molecular formula is C13H20N2O4S. The Kier molecular flexibility index (Phi) is 5.97. The molecule has 1 aromatic rings. The zero-order valence-electron chi connectivity index (χ0n) is 11.7. The van der Waals surface area contributed by atoms with Gasteiger partial charge in [0.25, 0.3) is 0 Å². The highest BCUT2D eigenvalue weighted by Crippen LogP contribution is 2.13. The zero-order chi connectivity index (χ0) is 15.2. The third-order valence-corrected chi connectivity index (χ3v) is 3.90. The molecule has 0 radical (unpaired) electrons. The minimum absolute atomic E-state index is 0.101. The van der Waals surface area contributed by atoms with Gasteiger partial charge in [-0.05, 0) is 38.2 Å². The fourth-order valence-electron chi connectivity index (χ4n) is 1.69. The van der Waals surface area contributed by atoms with Crippen molar-refractivity contribution in [3.63, 3.8) is 0 Å². The fourth-order valence-corrected chi connectivity index (χ4v) is 2.81. The molecule has 112 valence electrons. The second-order valence-electron chi connectivity index (χ2n) is 4.85. The van der Waals surface area contributed by atoms with Gasteiger partial charge >= 0.3 is 5.97 Å². The van der Waals surface area contributed by atoms with Gasteiger partial charge in [0.15, 0.2) is 0 Å². The number of rotatable bonds is 8. The van der Waals surface area contributed by atoms with Crippen LogP contribution in [0.25, 0.3) is 0 Å². The standard InChI is InChI=1S/C13H20N2O4S/c1-15(2)10-11-5-7-12(8-6-11)14-20(18,19)9-3-4-13(16)17/h5-8,14H,3-4,9-10H2,1-2H3,(H,16,17). The molecule has 7 heteroatoms. The molecule has 0 saturated carbocycles. The summed E-state index contributed by atoms with van der Waals surface area (Å²) in [6, 6.07) is 7.12. The Morgan fingerprint density at radius 2 is 1.85 bits per heavy atom. The summed E-state index contributed by atoms with van der Waals surface area (Å²) in [5.41, 5.74) is 1.58. The predicted octanol–water partition coefficient (Wildman–Crippen LogP) is 1.35. The number of aliphatic carboxylic acids is 1. The van der Waals surface area contributed by atoms with Crippen molar-refractivity contribution >= 4 is 21.7 Å². The highest BCUT2D eigenvalue weighted by atomic mass is 32.2.